The number of benzene rings is 2. The van der Waals surface area contributed by atoms with Crippen molar-refractivity contribution in [2.24, 2.45) is 5.10 Å². The number of carbonyl (C=O) groups is 1. The van der Waals surface area contributed by atoms with E-state index >= 15 is 0 Å². The number of nitrogens with one attached hydrogen (secondary N) is 1. The third-order valence-corrected chi connectivity index (χ3v) is 4.83. The highest BCUT2D eigenvalue weighted by Crippen LogP contribution is 2.10. The normalized spacial score (nSPS) is 11.4. The Kier molecular flexibility index (Phi) is 5.31. The SMILES string of the molecule is Cc1nc2ccccc2c(=O)n1N=Cc1c(CCC(=O)O)[nH]n(-c2ccccc2)c1=O. The van der Waals surface area contributed by atoms with Crippen molar-refractivity contribution in [3.8, 4) is 5.69 Å². The van der Waals surface area contributed by atoms with Crippen LogP contribution in [0.3, 0.4) is 0 Å². The molecular weight excluding hydrogens is 398 g/mol. The summed E-state index contributed by atoms with van der Waals surface area (Å²) in [6, 6.07) is 15.8. The van der Waals surface area contributed by atoms with Crippen molar-refractivity contribution in [1.82, 2.24) is 19.4 Å². The summed E-state index contributed by atoms with van der Waals surface area (Å²) in [5.41, 5.74) is 1.01. The molecule has 2 N–H and O–H groups in total. The van der Waals surface area contributed by atoms with Crippen molar-refractivity contribution in [1.29, 1.82) is 0 Å². The number of rotatable bonds is 6. The standard InChI is InChI=1S/C22H19N5O4/c1-14-24-18-10-6-5-9-16(18)21(30)26(14)23-13-17-19(11-12-20(28)29)25-27(22(17)31)15-7-3-2-4-8-15/h2-10,13,25H,11-12H2,1H3,(H,28,29). The highest BCUT2D eigenvalue weighted by Gasteiger charge is 2.15. The minimum Gasteiger partial charge on any atom is -0.481 e. The molecule has 31 heavy (non-hydrogen) atoms. The molecule has 2 aromatic carbocycles. The molecule has 9 heteroatoms. The second-order valence-electron chi connectivity index (χ2n) is 6.91. The number of nitrogens with zero attached hydrogens (tertiary/aromatic N) is 4. The third kappa shape index (κ3) is 3.93. The third-order valence-electron chi connectivity index (χ3n) is 4.83. The number of aromatic amines is 1. The zero-order chi connectivity index (χ0) is 22.0. The lowest BCUT2D eigenvalue weighted by Gasteiger charge is -2.04. The fraction of sp³-hybridized carbons (Fsp3) is 0.136. The van der Waals surface area contributed by atoms with Crippen LogP contribution in [0.15, 0.2) is 69.3 Å². The number of hydrogen-bond acceptors (Lipinski definition) is 5. The van der Waals surface area contributed by atoms with Crippen molar-refractivity contribution in [2.45, 2.75) is 19.8 Å². The topological polar surface area (TPSA) is 122 Å². The van der Waals surface area contributed by atoms with Crippen molar-refractivity contribution in [3.05, 3.63) is 92.4 Å². The van der Waals surface area contributed by atoms with Gasteiger partial charge in [0.2, 0.25) is 0 Å². The molecule has 0 bridgehead atoms. The lowest BCUT2D eigenvalue weighted by molar-refractivity contribution is -0.136. The van der Waals surface area contributed by atoms with E-state index in [4.69, 9.17) is 5.11 Å². The van der Waals surface area contributed by atoms with Gasteiger partial charge in [-0.1, -0.05) is 30.3 Å². The number of aryl methyl sites for hydroxylation is 2. The van der Waals surface area contributed by atoms with E-state index < -0.39 is 11.5 Å². The van der Waals surface area contributed by atoms with Gasteiger partial charge in [-0.15, -0.1) is 0 Å². The number of carboxylic acids is 1. The van der Waals surface area contributed by atoms with E-state index in [0.717, 1.165) is 4.68 Å². The Bertz CT molecular complexity index is 1410. The van der Waals surface area contributed by atoms with E-state index in [-0.39, 0.29) is 24.0 Å². The predicted molar refractivity (Wildman–Crippen MR) is 116 cm³/mol. The van der Waals surface area contributed by atoms with Crippen molar-refractivity contribution >= 4 is 23.1 Å². The first-order valence-corrected chi connectivity index (χ1v) is 9.59. The first-order valence-electron chi connectivity index (χ1n) is 9.59. The summed E-state index contributed by atoms with van der Waals surface area (Å²) in [5, 5.41) is 16.6. The van der Waals surface area contributed by atoms with Gasteiger partial charge in [0.1, 0.15) is 5.82 Å². The van der Waals surface area contributed by atoms with Crippen LogP contribution >= 0.6 is 0 Å². The van der Waals surface area contributed by atoms with Crippen LogP contribution in [-0.2, 0) is 11.2 Å². The molecule has 0 spiro atoms. The van der Waals surface area contributed by atoms with E-state index in [9.17, 15) is 14.4 Å². The predicted octanol–water partition coefficient (Wildman–Crippen LogP) is 2.08. The van der Waals surface area contributed by atoms with Crippen LogP contribution in [0, 0.1) is 6.92 Å². The van der Waals surface area contributed by atoms with Crippen molar-refractivity contribution in [2.75, 3.05) is 0 Å². The highest BCUT2D eigenvalue weighted by atomic mass is 16.4. The van der Waals surface area contributed by atoms with Crippen LogP contribution in [0.1, 0.15) is 23.5 Å². The monoisotopic (exact) mass is 417 g/mol. The van der Waals surface area contributed by atoms with Gasteiger partial charge in [0.05, 0.1) is 34.8 Å². The molecule has 4 aromatic rings. The quantitative estimate of drug-likeness (QED) is 0.465. The fourth-order valence-corrected chi connectivity index (χ4v) is 3.30. The summed E-state index contributed by atoms with van der Waals surface area (Å²) >= 11 is 0. The maximum Gasteiger partial charge on any atom is 0.303 e. The maximum atomic E-state index is 13.0. The number of fused-ring (bicyclic) bond motifs is 1. The van der Waals surface area contributed by atoms with Crippen molar-refractivity contribution in [3.63, 3.8) is 0 Å². The van der Waals surface area contributed by atoms with Gasteiger partial charge >= 0.3 is 5.97 Å². The smallest absolute Gasteiger partial charge is 0.303 e. The molecule has 0 amide bonds. The first kappa shape index (κ1) is 20.0. The Morgan fingerprint density at radius 2 is 1.81 bits per heavy atom. The Hall–Kier alpha value is -4.27. The molecule has 0 unspecified atom stereocenters. The summed E-state index contributed by atoms with van der Waals surface area (Å²) in [5.74, 6) is -0.618. The molecule has 0 saturated heterocycles. The summed E-state index contributed by atoms with van der Waals surface area (Å²) < 4.78 is 2.45. The van der Waals surface area contributed by atoms with Crippen LogP contribution < -0.4 is 11.1 Å². The van der Waals surface area contributed by atoms with Gasteiger partial charge in [0.25, 0.3) is 11.1 Å². The number of para-hydroxylation sites is 2. The lowest BCUT2D eigenvalue weighted by Crippen LogP contribution is -2.22. The largest absolute Gasteiger partial charge is 0.481 e. The molecule has 0 atom stereocenters. The van der Waals surface area contributed by atoms with E-state index in [1.54, 1.807) is 55.5 Å². The van der Waals surface area contributed by atoms with Gasteiger partial charge < -0.3 is 5.11 Å². The number of aromatic nitrogens is 4. The average Bonchev–Trinajstić information content (AvgIpc) is 3.08. The van der Waals surface area contributed by atoms with Gasteiger partial charge in [-0.05, 0) is 31.2 Å². The zero-order valence-electron chi connectivity index (χ0n) is 16.6. The van der Waals surface area contributed by atoms with Crippen LogP contribution in [0.25, 0.3) is 16.6 Å². The molecule has 9 nitrogen and oxygen atoms in total. The van der Waals surface area contributed by atoms with Gasteiger partial charge in [0.15, 0.2) is 0 Å². The first-order chi connectivity index (χ1) is 15.0. The van der Waals surface area contributed by atoms with Crippen LogP contribution in [0.4, 0.5) is 0 Å². The molecule has 0 radical (unpaired) electrons. The molecule has 0 saturated carbocycles. The number of hydrogen-bond donors (Lipinski definition) is 2. The number of H-pyrrole nitrogens is 1. The second-order valence-corrected chi connectivity index (χ2v) is 6.91. The van der Waals surface area contributed by atoms with Gasteiger partial charge in [-0.2, -0.15) is 9.78 Å². The zero-order valence-corrected chi connectivity index (χ0v) is 16.6. The van der Waals surface area contributed by atoms with Crippen LogP contribution in [0.2, 0.25) is 0 Å². The minimum atomic E-state index is -0.984. The van der Waals surface area contributed by atoms with E-state index in [0.29, 0.717) is 28.1 Å². The Morgan fingerprint density at radius 3 is 2.55 bits per heavy atom. The molecule has 2 aromatic heterocycles. The Morgan fingerprint density at radius 1 is 1.10 bits per heavy atom. The molecule has 0 aliphatic carbocycles. The molecular formula is C22H19N5O4. The van der Waals surface area contributed by atoms with E-state index in [1.165, 1.54) is 10.9 Å². The molecule has 2 heterocycles. The maximum absolute atomic E-state index is 13.0. The molecule has 0 aliphatic rings. The summed E-state index contributed by atoms with van der Waals surface area (Å²) in [7, 11) is 0. The van der Waals surface area contributed by atoms with Gasteiger partial charge in [-0.3, -0.25) is 19.5 Å². The van der Waals surface area contributed by atoms with Crippen LogP contribution in [-0.4, -0.2) is 36.7 Å². The van der Waals surface area contributed by atoms with Gasteiger partial charge in [0, 0.05) is 12.1 Å². The molecule has 4 rings (SSSR count). The highest BCUT2D eigenvalue weighted by molar-refractivity contribution is 5.82. The average molecular weight is 417 g/mol. The number of carboxylic acid groups (broad SMARTS) is 1. The van der Waals surface area contributed by atoms with Crippen LogP contribution in [0.5, 0.6) is 0 Å². The summed E-state index contributed by atoms with van der Waals surface area (Å²) in [6.45, 7) is 1.65. The second kappa shape index (κ2) is 8.23. The minimum absolute atomic E-state index is 0.107. The van der Waals surface area contributed by atoms with E-state index in [2.05, 4.69) is 15.2 Å². The number of aliphatic carboxylic acids is 1. The van der Waals surface area contributed by atoms with Gasteiger partial charge in [-0.25, -0.2) is 9.67 Å². The van der Waals surface area contributed by atoms with E-state index in [1.807, 2.05) is 6.07 Å². The molecule has 156 valence electrons. The fourth-order valence-electron chi connectivity index (χ4n) is 3.30. The lowest BCUT2D eigenvalue weighted by atomic mass is 10.1. The summed E-state index contributed by atoms with van der Waals surface area (Å²) in [6.07, 6.45) is 1.22. The molecule has 0 aliphatic heterocycles. The van der Waals surface area contributed by atoms with Crippen molar-refractivity contribution < 1.29 is 9.90 Å². The Labute approximate surface area is 175 Å². The summed E-state index contributed by atoms with van der Waals surface area (Å²) in [4.78, 5) is 41.3. The Balaban J connectivity index is 1.82. The molecule has 0 fully saturated rings.